The van der Waals surface area contributed by atoms with E-state index in [9.17, 15) is 9.59 Å². The average Bonchev–Trinajstić information content (AvgIpc) is 3.27. The van der Waals surface area contributed by atoms with Crippen LogP contribution < -0.4 is 5.32 Å². The number of carbonyl (C=O) groups is 2. The molecule has 0 radical (unpaired) electrons. The zero-order valence-corrected chi connectivity index (χ0v) is 17.4. The third kappa shape index (κ3) is 4.93. The summed E-state index contributed by atoms with van der Waals surface area (Å²) < 4.78 is 6.03. The summed E-state index contributed by atoms with van der Waals surface area (Å²) in [6.45, 7) is 2.19. The molecule has 0 aromatic carbocycles. The summed E-state index contributed by atoms with van der Waals surface area (Å²) in [7, 11) is 0. The topological polar surface area (TPSA) is 68.3 Å². The van der Waals surface area contributed by atoms with Crippen molar-refractivity contribution in [3.63, 3.8) is 0 Å². The van der Waals surface area contributed by atoms with E-state index in [0.717, 1.165) is 30.0 Å². The molecule has 0 spiro atoms. The van der Waals surface area contributed by atoms with E-state index < -0.39 is 0 Å². The lowest BCUT2D eigenvalue weighted by Gasteiger charge is -2.01. The maximum atomic E-state index is 11.7. The summed E-state index contributed by atoms with van der Waals surface area (Å²) in [5.74, 6) is 0.253. The van der Waals surface area contributed by atoms with Gasteiger partial charge in [-0.2, -0.15) is 0 Å². The van der Waals surface area contributed by atoms with Gasteiger partial charge in [-0.05, 0) is 35.3 Å². The van der Waals surface area contributed by atoms with E-state index in [-0.39, 0.29) is 11.9 Å². The highest BCUT2D eigenvalue weighted by Crippen LogP contribution is 2.36. The van der Waals surface area contributed by atoms with E-state index in [2.05, 4.69) is 21.2 Å². The molecule has 2 aromatic heterocycles. The summed E-state index contributed by atoms with van der Waals surface area (Å²) in [6, 6.07) is 2.02. The molecular weight excluding hydrogens is 444 g/mol. The van der Waals surface area contributed by atoms with Crippen molar-refractivity contribution in [3.05, 3.63) is 30.8 Å². The highest BCUT2D eigenvalue weighted by molar-refractivity contribution is 9.10. The lowest BCUT2D eigenvalue weighted by molar-refractivity contribution is -0.143. The van der Waals surface area contributed by atoms with Crippen LogP contribution in [-0.2, 0) is 20.7 Å². The van der Waals surface area contributed by atoms with Gasteiger partial charge in [-0.3, -0.25) is 9.59 Å². The number of esters is 1. The van der Waals surface area contributed by atoms with Crippen LogP contribution in [-0.4, -0.2) is 29.2 Å². The maximum absolute atomic E-state index is 11.7. The molecule has 0 bridgehead atoms. The predicted molar refractivity (Wildman–Crippen MR) is 107 cm³/mol. The number of aryl methyl sites for hydroxylation is 1. The molecule has 0 aliphatic carbocycles. The van der Waals surface area contributed by atoms with Gasteiger partial charge in [0.1, 0.15) is 5.01 Å². The molecule has 25 heavy (non-hydrogen) atoms. The number of hydrogen-bond donors (Lipinski definition) is 1. The molecular formula is C16H15BrN2O3S3. The molecule has 0 unspecified atom stereocenters. The van der Waals surface area contributed by atoms with Gasteiger partial charge in [0.15, 0.2) is 0 Å². The molecule has 3 heterocycles. The first-order valence-corrected chi connectivity index (χ1v) is 11.1. The van der Waals surface area contributed by atoms with Crippen LogP contribution in [0, 0.1) is 0 Å². The molecule has 0 atom stereocenters. The van der Waals surface area contributed by atoms with Crippen LogP contribution in [0.1, 0.15) is 23.2 Å². The monoisotopic (exact) mass is 458 g/mol. The molecule has 132 valence electrons. The number of thiophene rings is 1. The van der Waals surface area contributed by atoms with Crippen molar-refractivity contribution in [1.29, 1.82) is 0 Å². The van der Waals surface area contributed by atoms with E-state index in [4.69, 9.17) is 9.72 Å². The van der Waals surface area contributed by atoms with Gasteiger partial charge >= 0.3 is 5.97 Å². The van der Waals surface area contributed by atoms with Crippen LogP contribution in [0.3, 0.4) is 0 Å². The van der Waals surface area contributed by atoms with Crippen molar-refractivity contribution in [2.45, 2.75) is 19.8 Å². The second kappa shape index (κ2) is 8.48. The van der Waals surface area contributed by atoms with Crippen LogP contribution in [0.4, 0.5) is 0 Å². The SMILES string of the molecule is CCOC(=O)CCc1sc(/C=C2\NC(=O)CS2)nc1-c1cc(Br)cs1. The van der Waals surface area contributed by atoms with E-state index in [1.54, 1.807) is 29.6 Å². The molecule has 1 saturated heterocycles. The fourth-order valence-corrected chi connectivity index (χ4v) is 5.57. The molecule has 1 aliphatic heterocycles. The Hall–Kier alpha value is -1.16. The number of nitrogens with zero attached hydrogens (tertiary/aromatic N) is 1. The quantitative estimate of drug-likeness (QED) is 0.653. The number of nitrogens with one attached hydrogen (secondary N) is 1. The van der Waals surface area contributed by atoms with Gasteiger partial charge in [0.25, 0.3) is 0 Å². The van der Waals surface area contributed by atoms with Gasteiger partial charge in [0.2, 0.25) is 5.91 Å². The normalized spacial score (nSPS) is 15.6. The molecule has 0 saturated carbocycles. The predicted octanol–water partition coefficient (Wildman–Crippen LogP) is 4.29. The van der Waals surface area contributed by atoms with Gasteiger partial charge < -0.3 is 10.1 Å². The van der Waals surface area contributed by atoms with Crippen LogP contribution >= 0.6 is 50.4 Å². The third-order valence-electron chi connectivity index (χ3n) is 3.25. The van der Waals surface area contributed by atoms with Crippen molar-refractivity contribution in [1.82, 2.24) is 10.3 Å². The van der Waals surface area contributed by atoms with Crippen LogP contribution in [0.2, 0.25) is 0 Å². The Morgan fingerprint density at radius 1 is 1.52 bits per heavy atom. The van der Waals surface area contributed by atoms with Gasteiger partial charge in [-0.25, -0.2) is 4.98 Å². The first-order chi connectivity index (χ1) is 12.0. The highest BCUT2D eigenvalue weighted by atomic mass is 79.9. The summed E-state index contributed by atoms with van der Waals surface area (Å²) >= 11 is 8.09. The Morgan fingerprint density at radius 2 is 2.36 bits per heavy atom. The molecule has 1 N–H and O–H groups in total. The molecule has 5 nitrogen and oxygen atoms in total. The second-order valence-corrected chi connectivity index (χ2v) is 9.06. The minimum Gasteiger partial charge on any atom is -0.466 e. The minimum absolute atomic E-state index is 0.0118. The van der Waals surface area contributed by atoms with Crippen molar-refractivity contribution in [2.24, 2.45) is 0 Å². The van der Waals surface area contributed by atoms with Crippen LogP contribution in [0.5, 0.6) is 0 Å². The maximum Gasteiger partial charge on any atom is 0.306 e. The van der Waals surface area contributed by atoms with Crippen molar-refractivity contribution in [3.8, 4) is 10.6 Å². The zero-order chi connectivity index (χ0) is 17.8. The van der Waals surface area contributed by atoms with E-state index in [1.165, 1.54) is 11.8 Å². The van der Waals surface area contributed by atoms with Gasteiger partial charge in [-0.1, -0.05) is 11.8 Å². The first-order valence-electron chi connectivity index (χ1n) is 7.59. The number of amides is 1. The third-order valence-corrected chi connectivity index (χ3v) is 6.95. The Labute approximate surface area is 166 Å². The van der Waals surface area contributed by atoms with Crippen molar-refractivity contribution >= 4 is 68.3 Å². The largest absolute Gasteiger partial charge is 0.466 e. The zero-order valence-electron chi connectivity index (χ0n) is 13.3. The lowest BCUT2D eigenvalue weighted by Crippen LogP contribution is -2.13. The van der Waals surface area contributed by atoms with E-state index in [1.807, 2.05) is 17.5 Å². The molecule has 1 fully saturated rings. The Bertz CT molecular complexity index is 828. The van der Waals surface area contributed by atoms with Gasteiger partial charge in [0, 0.05) is 20.8 Å². The first kappa shape index (κ1) is 18.6. The highest BCUT2D eigenvalue weighted by Gasteiger charge is 2.19. The summed E-state index contributed by atoms with van der Waals surface area (Å²) in [5, 5.41) is 6.46. The number of halogens is 1. The summed E-state index contributed by atoms with van der Waals surface area (Å²) in [4.78, 5) is 29.8. The standard InChI is InChI=1S/C16H15BrN2O3S3/c1-2-22-15(21)4-3-10-16(11-5-9(17)7-23-11)19-14(25-10)6-13-18-12(20)8-24-13/h5-7H,2-4,8H2,1H3,(H,18,20)/b13-6+. The fraction of sp³-hybridized carbons (Fsp3) is 0.312. The van der Waals surface area contributed by atoms with Crippen LogP contribution in [0.15, 0.2) is 20.9 Å². The Morgan fingerprint density at radius 3 is 3.00 bits per heavy atom. The Balaban J connectivity index is 1.85. The summed E-state index contributed by atoms with van der Waals surface area (Å²) in [6.07, 6.45) is 2.81. The number of thiazole rings is 1. The number of rotatable bonds is 6. The van der Waals surface area contributed by atoms with E-state index in [0.29, 0.717) is 25.2 Å². The smallest absolute Gasteiger partial charge is 0.306 e. The Kier molecular flexibility index (Phi) is 6.32. The number of aromatic nitrogens is 1. The number of ether oxygens (including phenoxy) is 1. The number of hydrogen-bond acceptors (Lipinski definition) is 7. The molecule has 2 aromatic rings. The fourth-order valence-electron chi connectivity index (χ4n) is 2.22. The molecule has 3 rings (SSSR count). The van der Waals surface area contributed by atoms with Crippen molar-refractivity contribution in [2.75, 3.05) is 12.4 Å². The molecule has 1 aliphatic rings. The lowest BCUT2D eigenvalue weighted by atomic mass is 10.2. The minimum atomic E-state index is -0.201. The summed E-state index contributed by atoms with van der Waals surface area (Å²) in [5.41, 5.74) is 0.895. The molecule has 1 amide bonds. The van der Waals surface area contributed by atoms with Gasteiger partial charge in [0.05, 0.1) is 34.4 Å². The number of carbonyl (C=O) groups excluding carboxylic acids is 2. The van der Waals surface area contributed by atoms with Crippen molar-refractivity contribution < 1.29 is 14.3 Å². The van der Waals surface area contributed by atoms with Gasteiger partial charge in [-0.15, -0.1) is 22.7 Å². The number of thioether (sulfide) groups is 1. The van der Waals surface area contributed by atoms with Crippen LogP contribution in [0.25, 0.3) is 16.6 Å². The second-order valence-electron chi connectivity index (χ2n) is 5.10. The average molecular weight is 459 g/mol. The molecule has 9 heteroatoms. The van der Waals surface area contributed by atoms with E-state index >= 15 is 0 Å².